The predicted octanol–water partition coefficient (Wildman–Crippen LogP) is 2.38. The van der Waals surface area contributed by atoms with Crippen LogP contribution in [0.25, 0.3) is 0 Å². The molecule has 1 atom stereocenters. The second-order valence-electron chi connectivity index (χ2n) is 3.52. The van der Waals surface area contributed by atoms with Gasteiger partial charge in [0.1, 0.15) is 11.5 Å². The van der Waals surface area contributed by atoms with Crippen molar-refractivity contribution in [3.8, 4) is 11.5 Å². The van der Waals surface area contributed by atoms with Crippen LogP contribution in [-0.4, -0.2) is 20.0 Å². The second-order valence-corrected chi connectivity index (χ2v) is 3.52. The number of fused-ring (bicyclic) bond motifs is 1. The van der Waals surface area contributed by atoms with Crippen molar-refractivity contribution in [3.05, 3.63) is 23.8 Å². The number of hydrogen-bond donors (Lipinski definition) is 0. The first-order valence-electron chi connectivity index (χ1n) is 5.28. The number of benzene rings is 1. The highest BCUT2D eigenvalue weighted by molar-refractivity contribution is 5.41. The van der Waals surface area contributed by atoms with E-state index >= 15 is 0 Å². The minimum atomic E-state index is -0.102. The van der Waals surface area contributed by atoms with Crippen molar-refractivity contribution in [2.75, 3.05) is 13.7 Å². The first-order chi connectivity index (χ1) is 7.33. The molecule has 0 spiro atoms. The molecule has 1 unspecified atom stereocenters. The van der Waals surface area contributed by atoms with Crippen LogP contribution in [0.2, 0.25) is 0 Å². The highest BCUT2D eigenvalue weighted by Crippen LogP contribution is 2.31. The molecule has 3 nitrogen and oxygen atoms in total. The van der Waals surface area contributed by atoms with Crippen LogP contribution < -0.4 is 9.47 Å². The molecule has 0 N–H and O–H groups in total. The lowest BCUT2D eigenvalue weighted by Crippen LogP contribution is -2.25. The summed E-state index contributed by atoms with van der Waals surface area (Å²) < 4.78 is 16.3. The van der Waals surface area contributed by atoms with Gasteiger partial charge in [-0.25, -0.2) is 0 Å². The van der Waals surface area contributed by atoms with E-state index in [-0.39, 0.29) is 6.29 Å². The molecular formula is C12H16O3. The Hall–Kier alpha value is -1.22. The van der Waals surface area contributed by atoms with Gasteiger partial charge in [-0.05, 0) is 25.0 Å². The molecule has 0 radical (unpaired) electrons. The Morgan fingerprint density at radius 3 is 3.07 bits per heavy atom. The topological polar surface area (TPSA) is 27.7 Å². The Labute approximate surface area is 90.0 Å². The third-order valence-corrected chi connectivity index (χ3v) is 2.53. The van der Waals surface area contributed by atoms with Gasteiger partial charge < -0.3 is 14.2 Å². The van der Waals surface area contributed by atoms with Crippen molar-refractivity contribution < 1.29 is 14.2 Å². The molecule has 2 rings (SSSR count). The molecule has 0 saturated carbocycles. The van der Waals surface area contributed by atoms with Crippen LogP contribution in [0, 0.1) is 0 Å². The van der Waals surface area contributed by atoms with Crippen molar-refractivity contribution >= 4 is 0 Å². The van der Waals surface area contributed by atoms with E-state index in [4.69, 9.17) is 14.2 Å². The molecule has 0 aliphatic carbocycles. The number of rotatable bonds is 3. The van der Waals surface area contributed by atoms with Crippen molar-refractivity contribution in [2.45, 2.75) is 26.1 Å². The normalized spacial score (nSPS) is 19.2. The van der Waals surface area contributed by atoms with E-state index in [9.17, 15) is 0 Å². The van der Waals surface area contributed by atoms with Crippen LogP contribution in [0.1, 0.15) is 18.9 Å². The van der Waals surface area contributed by atoms with Crippen molar-refractivity contribution in [1.82, 2.24) is 0 Å². The van der Waals surface area contributed by atoms with Gasteiger partial charge in [-0.15, -0.1) is 0 Å². The summed E-state index contributed by atoms with van der Waals surface area (Å²) >= 11 is 0. The fraction of sp³-hybridized carbons (Fsp3) is 0.500. The van der Waals surface area contributed by atoms with Crippen molar-refractivity contribution in [3.63, 3.8) is 0 Å². The van der Waals surface area contributed by atoms with E-state index in [0.29, 0.717) is 6.61 Å². The summed E-state index contributed by atoms with van der Waals surface area (Å²) in [5.74, 6) is 1.71. The van der Waals surface area contributed by atoms with Gasteiger partial charge in [0.25, 0.3) is 0 Å². The first-order valence-corrected chi connectivity index (χ1v) is 5.28. The summed E-state index contributed by atoms with van der Waals surface area (Å²) in [6.07, 6.45) is 1.83. The van der Waals surface area contributed by atoms with Crippen molar-refractivity contribution in [1.29, 1.82) is 0 Å². The van der Waals surface area contributed by atoms with Crippen LogP contribution in [-0.2, 0) is 11.2 Å². The summed E-state index contributed by atoms with van der Waals surface area (Å²) in [5, 5.41) is 0. The molecule has 1 aliphatic heterocycles. The third-order valence-electron chi connectivity index (χ3n) is 2.53. The highest BCUT2D eigenvalue weighted by Gasteiger charge is 2.19. The zero-order valence-corrected chi connectivity index (χ0v) is 9.16. The average Bonchev–Trinajstić information content (AvgIpc) is 2.28. The van der Waals surface area contributed by atoms with Crippen LogP contribution in [0.5, 0.6) is 11.5 Å². The number of methoxy groups -OCH3 is 1. The molecule has 1 aliphatic rings. The van der Waals surface area contributed by atoms with Gasteiger partial charge in [-0.2, -0.15) is 0 Å². The van der Waals surface area contributed by atoms with Gasteiger partial charge in [-0.3, -0.25) is 0 Å². The minimum absolute atomic E-state index is 0.102. The Morgan fingerprint density at radius 1 is 1.47 bits per heavy atom. The molecule has 82 valence electrons. The van der Waals surface area contributed by atoms with Crippen LogP contribution in [0.4, 0.5) is 0 Å². The van der Waals surface area contributed by atoms with E-state index in [1.165, 1.54) is 5.56 Å². The molecule has 1 aromatic carbocycles. The lowest BCUT2D eigenvalue weighted by atomic mass is 10.1. The molecule has 0 fully saturated rings. The largest absolute Gasteiger partial charge is 0.497 e. The van der Waals surface area contributed by atoms with Crippen LogP contribution in [0.15, 0.2) is 18.2 Å². The van der Waals surface area contributed by atoms with Gasteiger partial charge in [0.05, 0.1) is 7.11 Å². The van der Waals surface area contributed by atoms with E-state index in [0.717, 1.165) is 24.3 Å². The molecule has 0 saturated heterocycles. The lowest BCUT2D eigenvalue weighted by Gasteiger charge is -2.25. The molecule has 3 heteroatoms. The first kappa shape index (κ1) is 10.3. The average molecular weight is 208 g/mol. The van der Waals surface area contributed by atoms with Gasteiger partial charge in [0, 0.05) is 19.1 Å². The maximum absolute atomic E-state index is 5.71. The Morgan fingerprint density at radius 2 is 2.33 bits per heavy atom. The van der Waals surface area contributed by atoms with Crippen LogP contribution in [0.3, 0.4) is 0 Å². The van der Waals surface area contributed by atoms with E-state index in [2.05, 4.69) is 6.07 Å². The zero-order chi connectivity index (χ0) is 10.7. The summed E-state index contributed by atoms with van der Waals surface area (Å²) in [7, 11) is 1.66. The monoisotopic (exact) mass is 208 g/mol. The van der Waals surface area contributed by atoms with Gasteiger partial charge in [0.15, 0.2) is 6.29 Å². The highest BCUT2D eigenvalue weighted by atomic mass is 16.7. The predicted molar refractivity (Wildman–Crippen MR) is 57.4 cm³/mol. The molecule has 0 amide bonds. The maximum Gasteiger partial charge on any atom is 0.200 e. The van der Waals surface area contributed by atoms with E-state index in [1.807, 2.05) is 19.1 Å². The van der Waals surface area contributed by atoms with E-state index < -0.39 is 0 Å². The quantitative estimate of drug-likeness (QED) is 0.763. The molecule has 1 aromatic rings. The van der Waals surface area contributed by atoms with Gasteiger partial charge in [0.2, 0.25) is 0 Å². The van der Waals surface area contributed by atoms with Gasteiger partial charge in [-0.1, -0.05) is 6.07 Å². The summed E-state index contributed by atoms with van der Waals surface area (Å²) in [4.78, 5) is 0. The zero-order valence-electron chi connectivity index (χ0n) is 9.16. The smallest absolute Gasteiger partial charge is 0.200 e. The number of aryl methyl sites for hydroxylation is 1. The van der Waals surface area contributed by atoms with Crippen molar-refractivity contribution in [2.24, 2.45) is 0 Å². The van der Waals surface area contributed by atoms with Gasteiger partial charge >= 0.3 is 0 Å². The molecule has 0 aromatic heterocycles. The number of hydrogen-bond acceptors (Lipinski definition) is 3. The summed E-state index contributed by atoms with van der Waals surface area (Å²) in [6.45, 7) is 2.66. The summed E-state index contributed by atoms with van der Waals surface area (Å²) in [6, 6.07) is 5.93. The fourth-order valence-electron chi connectivity index (χ4n) is 1.76. The summed E-state index contributed by atoms with van der Waals surface area (Å²) in [5.41, 5.74) is 1.23. The second kappa shape index (κ2) is 4.53. The fourth-order valence-corrected chi connectivity index (χ4v) is 1.76. The Kier molecular flexibility index (Phi) is 3.11. The third kappa shape index (κ3) is 2.23. The SMILES string of the molecule is CCOC1CCc2ccc(OC)cc2O1. The molecule has 0 bridgehead atoms. The minimum Gasteiger partial charge on any atom is -0.497 e. The maximum atomic E-state index is 5.71. The lowest BCUT2D eigenvalue weighted by molar-refractivity contribution is -0.0862. The molecule has 15 heavy (non-hydrogen) atoms. The molecular weight excluding hydrogens is 192 g/mol. The van der Waals surface area contributed by atoms with Crippen LogP contribution >= 0.6 is 0 Å². The molecule has 1 heterocycles. The number of ether oxygens (including phenoxy) is 3. The van der Waals surface area contributed by atoms with E-state index in [1.54, 1.807) is 7.11 Å². The standard InChI is InChI=1S/C12H16O3/c1-3-14-12-7-5-9-4-6-10(13-2)8-11(9)15-12/h4,6,8,12H,3,5,7H2,1-2H3. The Balaban J connectivity index is 2.16. The Bertz CT molecular complexity index is 336.